The van der Waals surface area contributed by atoms with Crippen molar-refractivity contribution in [2.75, 3.05) is 5.73 Å². The first-order valence-corrected chi connectivity index (χ1v) is 6.78. The van der Waals surface area contributed by atoms with Crippen LogP contribution in [0.2, 0.25) is 0 Å². The fraction of sp³-hybridized carbons (Fsp3) is 0.182. The maximum absolute atomic E-state index is 12.0. The molecule has 0 aliphatic carbocycles. The molecule has 0 atom stereocenters. The van der Waals surface area contributed by atoms with Gasteiger partial charge < -0.3 is 5.73 Å². The summed E-state index contributed by atoms with van der Waals surface area (Å²) in [6, 6.07) is 6.17. The highest BCUT2D eigenvalue weighted by Gasteiger charge is 2.13. The monoisotopic (exact) mass is 266 g/mol. The molecule has 7 heteroatoms. The maximum atomic E-state index is 12.0. The summed E-state index contributed by atoms with van der Waals surface area (Å²) in [5, 5.41) is 3.97. The van der Waals surface area contributed by atoms with Crippen molar-refractivity contribution < 1.29 is 8.42 Å². The normalized spacial score (nSPS) is 11.6. The van der Waals surface area contributed by atoms with E-state index in [0.29, 0.717) is 5.69 Å². The second kappa shape index (κ2) is 4.79. The van der Waals surface area contributed by atoms with Gasteiger partial charge in [0, 0.05) is 31.0 Å². The Morgan fingerprint density at radius 3 is 2.83 bits per heavy atom. The predicted octanol–water partition coefficient (Wildman–Crippen LogP) is 0.481. The molecule has 0 amide bonds. The van der Waals surface area contributed by atoms with E-state index < -0.39 is 10.0 Å². The fourth-order valence-corrected chi connectivity index (χ4v) is 2.58. The minimum Gasteiger partial charge on any atom is -0.399 e. The average Bonchev–Trinajstić information content (AvgIpc) is 2.73. The van der Waals surface area contributed by atoms with E-state index in [1.165, 1.54) is 12.1 Å². The summed E-state index contributed by atoms with van der Waals surface area (Å²) in [7, 11) is -1.77. The molecular formula is C11H14N4O2S. The summed E-state index contributed by atoms with van der Waals surface area (Å²) in [5.41, 5.74) is 6.77. The summed E-state index contributed by atoms with van der Waals surface area (Å²) >= 11 is 0. The standard InChI is InChI=1S/C11H14N4O2S/c1-15-8-9(6-13-15)7-14-18(16,17)11-4-2-3-10(12)5-11/h2-6,8,14H,7,12H2,1H3. The molecule has 6 nitrogen and oxygen atoms in total. The van der Waals surface area contributed by atoms with Crippen LogP contribution in [0.3, 0.4) is 0 Å². The predicted molar refractivity (Wildman–Crippen MR) is 68.1 cm³/mol. The van der Waals surface area contributed by atoms with Gasteiger partial charge in [-0.1, -0.05) is 6.07 Å². The Bertz CT molecular complexity index is 649. The highest BCUT2D eigenvalue weighted by atomic mass is 32.2. The van der Waals surface area contributed by atoms with Crippen LogP contribution in [0.25, 0.3) is 0 Å². The van der Waals surface area contributed by atoms with Crippen LogP contribution in [-0.4, -0.2) is 18.2 Å². The van der Waals surface area contributed by atoms with Crippen LogP contribution in [0.5, 0.6) is 0 Å². The molecule has 0 saturated carbocycles. The number of aryl methyl sites for hydroxylation is 1. The molecule has 0 fully saturated rings. The van der Waals surface area contributed by atoms with E-state index in [9.17, 15) is 8.42 Å². The van der Waals surface area contributed by atoms with Crippen LogP contribution in [0, 0.1) is 0 Å². The van der Waals surface area contributed by atoms with Crippen LogP contribution in [0.4, 0.5) is 5.69 Å². The zero-order valence-electron chi connectivity index (χ0n) is 9.87. The number of nitrogens with one attached hydrogen (secondary N) is 1. The fourth-order valence-electron chi connectivity index (χ4n) is 1.51. The number of benzene rings is 1. The van der Waals surface area contributed by atoms with E-state index in [0.717, 1.165) is 5.56 Å². The van der Waals surface area contributed by atoms with Crippen molar-refractivity contribution in [3.8, 4) is 0 Å². The molecule has 0 bridgehead atoms. The Morgan fingerprint density at radius 1 is 1.44 bits per heavy atom. The van der Waals surface area contributed by atoms with Crippen LogP contribution in [0.1, 0.15) is 5.56 Å². The van der Waals surface area contributed by atoms with Gasteiger partial charge in [-0.15, -0.1) is 0 Å². The number of anilines is 1. The van der Waals surface area contributed by atoms with Crippen molar-refractivity contribution in [1.82, 2.24) is 14.5 Å². The Hall–Kier alpha value is -1.86. The van der Waals surface area contributed by atoms with E-state index in [2.05, 4.69) is 9.82 Å². The number of aromatic nitrogens is 2. The van der Waals surface area contributed by atoms with Crippen molar-refractivity contribution >= 4 is 15.7 Å². The van der Waals surface area contributed by atoms with Gasteiger partial charge in [0.05, 0.1) is 11.1 Å². The molecule has 18 heavy (non-hydrogen) atoms. The minimum absolute atomic E-state index is 0.159. The molecule has 1 aromatic carbocycles. The van der Waals surface area contributed by atoms with Gasteiger partial charge in [-0.25, -0.2) is 13.1 Å². The third-order valence-electron chi connectivity index (χ3n) is 2.39. The lowest BCUT2D eigenvalue weighted by molar-refractivity contribution is 0.581. The van der Waals surface area contributed by atoms with Gasteiger partial charge in [0.1, 0.15) is 0 Å². The number of nitrogens with two attached hydrogens (primary N) is 1. The van der Waals surface area contributed by atoms with Crippen LogP contribution < -0.4 is 10.5 Å². The molecule has 1 heterocycles. The summed E-state index contributed by atoms with van der Waals surface area (Å²) in [5.74, 6) is 0. The minimum atomic E-state index is -3.54. The summed E-state index contributed by atoms with van der Waals surface area (Å²) < 4.78 is 28.1. The second-order valence-electron chi connectivity index (χ2n) is 3.92. The van der Waals surface area contributed by atoms with Gasteiger partial charge in [-0.3, -0.25) is 4.68 Å². The van der Waals surface area contributed by atoms with Crippen LogP contribution in [-0.2, 0) is 23.6 Å². The Labute approximate surface area is 105 Å². The lowest BCUT2D eigenvalue weighted by Crippen LogP contribution is -2.23. The molecule has 3 N–H and O–H groups in total. The zero-order valence-corrected chi connectivity index (χ0v) is 10.7. The van der Waals surface area contributed by atoms with Gasteiger partial charge in [-0.2, -0.15) is 5.10 Å². The maximum Gasteiger partial charge on any atom is 0.240 e. The van der Waals surface area contributed by atoms with E-state index in [4.69, 9.17) is 5.73 Å². The number of hydrogen-bond acceptors (Lipinski definition) is 4. The molecular weight excluding hydrogens is 252 g/mol. The molecule has 0 aliphatic rings. The Morgan fingerprint density at radius 2 is 2.22 bits per heavy atom. The molecule has 0 spiro atoms. The first-order chi connectivity index (χ1) is 8.47. The third kappa shape index (κ3) is 2.88. The molecule has 96 valence electrons. The number of nitrogen functional groups attached to an aromatic ring is 1. The molecule has 0 saturated heterocycles. The third-order valence-corrected chi connectivity index (χ3v) is 3.79. The lowest BCUT2D eigenvalue weighted by atomic mass is 10.3. The first-order valence-electron chi connectivity index (χ1n) is 5.30. The number of rotatable bonds is 4. The van der Waals surface area contributed by atoms with E-state index in [1.807, 2.05) is 0 Å². The van der Waals surface area contributed by atoms with Gasteiger partial charge in [0.25, 0.3) is 0 Å². The quantitative estimate of drug-likeness (QED) is 0.788. The van der Waals surface area contributed by atoms with Gasteiger partial charge in [-0.05, 0) is 18.2 Å². The molecule has 2 aromatic rings. The molecule has 0 radical (unpaired) electrons. The van der Waals surface area contributed by atoms with Crippen LogP contribution in [0.15, 0.2) is 41.6 Å². The smallest absolute Gasteiger partial charge is 0.240 e. The van der Waals surface area contributed by atoms with E-state index >= 15 is 0 Å². The van der Waals surface area contributed by atoms with Crippen molar-refractivity contribution in [2.24, 2.45) is 7.05 Å². The van der Waals surface area contributed by atoms with Crippen molar-refractivity contribution in [2.45, 2.75) is 11.4 Å². The van der Waals surface area contributed by atoms with Crippen molar-refractivity contribution in [3.05, 3.63) is 42.2 Å². The largest absolute Gasteiger partial charge is 0.399 e. The zero-order chi connectivity index (χ0) is 13.2. The highest BCUT2D eigenvalue weighted by molar-refractivity contribution is 7.89. The highest BCUT2D eigenvalue weighted by Crippen LogP contribution is 2.12. The van der Waals surface area contributed by atoms with E-state index in [1.54, 1.807) is 36.3 Å². The molecule has 2 rings (SSSR count). The van der Waals surface area contributed by atoms with Gasteiger partial charge in [0.15, 0.2) is 0 Å². The lowest BCUT2D eigenvalue weighted by Gasteiger charge is -2.06. The SMILES string of the molecule is Cn1cc(CNS(=O)(=O)c2cccc(N)c2)cn1. The topological polar surface area (TPSA) is 90.0 Å². The Kier molecular flexibility index (Phi) is 3.35. The summed E-state index contributed by atoms with van der Waals surface area (Å²) in [6.45, 7) is 0.199. The summed E-state index contributed by atoms with van der Waals surface area (Å²) in [4.78, 5) is 0.159. The average molecular weight is 266 g/mol. The Balaban J connectivity index is 2.13. The first kappa shape index (κ1) is 12.6. The number of sulfonamides is 1. The molecule has 0 unspecified atom stereocenters. The van der Waals surface area contributed by atoms with Crippen LogP contribution >= 0.6 is 0 Å². The molecule has 0 aliphatic heterocycles. The molecule has 1 aromatic heterocycles. The van der Waals surface area contributed by atoms with Gasteiger partial charge in [0.2, 0.25) is 10.0 Å². The van der Waals surface area contributed by atoms with Gasteiger partial charge >= 0.3 is 0 Å². The summed E-state index contributed by atoms with van der Waals surface area (Å²) in [6.07, 6.45) is 3.36. The number of hydrogen-bond donors (Lipinski definition) is 2. The van der Waals surface area contributed by atoms with Crippen molar-refractivity contribution in [3.63, 3.8) is 0 Å². The van der Waals surface area contributed by atoms with Crippen molar-refractivity contribution in [1.29, 1.82) is 0 Å². The van der Waals surface area contributed by atoms with E-state index in [-0.39, 0.29) is 11.4 Å². The number of nitrogens with zero attached hydrogens (tertiary/aromatic N) is 2. The second-order valence-corrected chi connectivity index (χ2v) is 5.69.